The third kappa shape index (κ3) is 2.66. The second-order valence-electron chi connectivity index (χ2n) is 4.81. The van der Waals surface area contributed by atoms with Gasteiger partial charge in [0.25, 0.3) is 0 Å². The Hall–Kier alpha value is -0.970. The molecule has 0 amide bonds. The highest BCUT2D eigenvalue weighted by molar-refractivity contribution is 7.11. The van der Waals surface area contributed by atoms with E-state index in [2.05, 4.69) is 4.98 Å². The Balaban J connectivity index is 1.94. The smallest absolute Gasteiger partial charge is 0.125 e. The monoisotopic (exact) mass is 296 g/mol. The van der Waals surface area contributed by atoms with Crippen LogP contribution in [0.15, 0.2) is 18.2 Å². The number of aryl methyl sites for hydroxylation is 2. The molecule has 0 radical (unpaired) electrons. The molecule has 100 valence electrons. The van der Waals surface area contributed by atoms with Gasteiger partial charge >= 0.3 is 0 Å². The van der Waals surface area contributed by atoms with Crippen LogP contribution in [0.1, 0.15) is 40.0 Å². The van der Waals surface area contributed by atoms with Crippen LogP contribution in [0.3, 0.4) is 0 Å². The lowest BCUT2D eigenvalue weighted by Crippen LogP contribution is -2.12. The van der Waals surface area contributed by atoms with Crippen LogP contribution < -0.4 is 5.73 Å². The highest BCUT2D eigenvalue weighted by Gasteiger charge is 2.20. The Labute approximate surface area is 120 Å². The largest absolute Gasteiger partial charge is 0.318 e. The fourth-order valence-electron chi connectivity index (χ4n) is 2.40. The van der Waals surface area contributed by atoms with E-state index >= 15 is 0 Å². The van der Waals surface area contributed by atoms with Gasteiger partial charge in [-0.25, -0.2) is 9.37 Å². The minimum absolute atomic E-state index is 0.362. The zero-order valence-corrected chi connectivity index (χ0v) is 11.9. The predicted molar refractivity (Wildman–Crippen MR) is 76.2 cm³/mol. The second-order valence-corrected chi connectivity index (χ2v) is 6.36. The molecule has 0 spiro atoms. The molecule has 1 heterocycles. The molecule has 1 aromatic heterocycles. The fraction of sp³-hybridized carbons (Fsp3) is 0.357. The Morgan fingerprint density at radius 3 is 2.79 bits per heavy atom. The van der Waals surface area contributed by atoms with Crippen LogP contribution in [0, 0.1) is 5.82 Å². The number of benzene rings is 1. The third-order valence-electron chi connectivity index (χ3n) is 3.37. The number of nitrogens with zero attached hydrogens (tertiary/aromatic N) is 1. The molecule has 3 rings (SSSR count). The first-order valence-electron chi connectivity index (χ1n) is 6.33. The van der Waals surface area contributed by atoms with Gasteiger partial charge in [-0.1, -0.05) is 11.6 Å². The summed E-state index contributed by atoms with van der Waals surface area (Å²) in [6, 6.07) is 4.01. The van der Waals surface area contributed by atoms with E-state index in [1.165, 1.54) is 35.5 Å². The van der Waals surface area contributed by atoms with Gasteiger partial charge in [-0.2, -0.15) is 0 Å². The summed E-state index contributed by atoms with van der Waals surface area (Å²) in [6.45, 7) is 0. The van der Waals surface area contributed by atoms with Gasteiger partial charge in [0.15, 0.2) is 0 Å². The molecular formula is C14H14ClFN2S. The number of fused-ring (bicyclic) bond motifs is 1. The first kappa shape index (κ1) is 13.0. The molecule has 2 nitrogen and oxygen atoms in total. The molecule has 0 bridgehead atoms. The summed E-state index contributed by atoms with van der Waals surface area (Å²) in [4.78, 5) is 5.95. The van der Waals surface area contributed by atoms with Crippen molar-refractivity contribution in [3.63, 3.8) is 0 Å². The van der Waals surface area contributed by atoms with Crippen LogP contribution in [-0.4, -0.2) is 4.98 Å². The van der Waals surface area contributed by atoms with Crippen molar-refractivity contribution in [2.75, 3.05) is 0 Å². The van der Waals surface area contributed by atoms with Crippen LogP contribution in [0.25, 0.3) is 0 Å². The van der Waals surface area contributed by atoms with Crippen molar-refractivity contribution in [1.82, 2.24) is 4.98 Å². The predicted octanol–water partition coefficient (Wildman–Crippen LogP) is 3.86. The highest BCUT2D eigenvalue weighted by atomic mass is 35.5. The van der Waals surface area contributed by atoms with E-state index in [0.717, 1.165) is 17.8 Å². The fourth-order valence-corrected chi connectivity index (χ4v) is 3.82. The second kappa shape index (κ2) is 5.19. The summed E-state index contributed by atoms with van der Waals surface area (Å²) < 4.78 is 13.4. The van der Waals surface area contributed by atoms with E-state index in [9.17, 15) is 4.39 Å². The normalized spacial score (nSPS) is 16.2. The zero-order valence-electron chi connectivity index (χ0n) is 10.3. The lowest BCUT2D eigenvalue weighted by Gasteiger charge is -2.09. The first-order valence-corrected chi connectivity index (χ1v) is 7.53. The summed E-state index contributed by atoms with van der Waals surface area (Å²) in [5.74, 6) is -0.362. The number of thiazole rings is 1. The zero-order chi connectivity index (χ0) is 13.4. The van der Waals surface area contributed by atoms with Crippen molar-refractivity contribution in [2.45, 2.75) is 31.7 Å². The molecule has 1 atom stereocenters. The van der Waals surface area contributed by atoms with Crippen molar-refractivity contribution in [3.05, 3.63) is 50.2 Å². The van der Waals surface area contributed by atoms with Crippen LogP contribution in [-0.2, 0) is 12.8 Å². The standard InChI is InChI=1S/C14H14ClFN2S/c15-9-5-8(6-10(16)7-9)13(17)14-18-11-3-1-2-4-12(11)19-14/h5-7,13H,1-4,17H2. The Morgan fingerprint density at radius 2 is 2.05 bits per heavy atom. The van der Waals surface area contributed by atoms with Gasteiger partial charge < -0.3 is 5.73 Å². The maximum Gasteiger partial charge on any atom is 0.125 e. The molecular weight excluding hydrogens is 283 g/mol. The van der Waals surface area contributed by atoms with Gasteiger partial charge in [0.05, 0.1) is 11.7 Å². The Bertz CT molecular complexity index is 568. The van der Waals surface area contributed by atoms with E-state index in [1.807, 2.05) is 0 Å². The minimum Gasteiger partial charge on any atom is -0.318 e. The number of hydrogen-bond acceptors (Lipinski definition) is 3. The summed E-state index contributed by atoms with van der Waals surface area (Å²) in [5, 5.41) is 1.22. The van der Waals surface area contributed by atoms with Gasteiger partial charge in [-0.3, -0.25) is 0 Å². The summed E-state index contributed by atoms with van der Waals surface area (Å²) in [7, 11) is 0. The van der Waals surface area contributed by atoms with E-state index < -0.39 is 6.04 Å². The van der Waals surface area contributed by atoms with Crippen LogP contribution >= 0.6 is 22.9 Å². The van der Waals surface area contributed by atoms with Crippen LogP contribution in [0.4, 0.5) is 4.39 Å². The molecule has 0 saturated heterocycles. The number of aromatic nitrogens is 1. The Kier molecular flexibility index (Phi) is 3.56. The van der Waals surface area contributed by atoms with E-state index in [4.69, 9.17) is 17.3 Å². The lowest BCUT2D eigenvalue weighted by atomic mass is 10.0. The van der Waals surface area contributed by atoms with Crippen molar-refractivity contribution in [2.24, 2.45) is 5.73 Å². The van der Waals surface area contributed by atoms with Crippen molar-refractivity contribution in [1.29, 1.82) is 0 Å². The molecule has 1 aliphatic rings. The van der Waals surface area contributed by atoms with Gasteiger partial charge in [-0.15, -0.1) is 11.3 Å². The lowest BCUT2D eigenvalue weighted by molar-refractivity contribution is 0.623. The third-order valence-corrected chi connectivity index (χ3v) is 4.83. The summed E-state index contributed by atoms with van der Waals surface area (Å²) >= 11 is 7.52. The maximum atomic E-state index is 13.4. The molecule has 1 unspecified atom stereocenters. The topological polar surface area (TPSA) is 38.9 Å². The maximum absolute atomic E-state index is 13.4. The number of halogens is 2. The van der Waals surface area contributed by atoms with Crippen LogP contribution in [0.5, 0.6) is 0 Å². The van der Waals surface area contributed by atoms with E-state index in [-0.39, 0.29) is 5.82 Å². The van der Waals surface area contributed by atoms with Gasteiger partial charge in [0, 0.05) is 9.90 Å². The summed E-state index contributed by atoms with van der Waals surface area (Å²) in [6.07, 6.45) is 4.53. The first-order chi connectivity index (χ1) is 9.13. The van der Waals surface area contributed by atoms with E-state index in [0.29, 0.717) is 10.6 Å². The molecule has 19 heavy (non-hydrogen) atoms. The number of hydrogen-bond donors (Lipinski definition) is 1. The summed E-state index contributed by atoms with van der Waals surface area (Å²) in [5.41, 5.74) is 8.04. The highest BCUT2D eigenvalue weighted by Crippen LogP contribution is 2.32. The SMILES string of the molecule is NC(c1cc(F)cc(Cl)c1)c1nc2c(s1)CCCC2. The average molecular weight is 297 g/mol. The molecule has 2 aromatic rings. The minimum atomic E-state index is -0.399. The van der Waals surface area contributed by atoms with E-state index in [1.54, 1.807) is 17.4 Å². The van der Waals surface area contributed by atoms with Crippen molar-refractivity contribution >= 4 is 22.9 Å². The van der Waals surface area contributed by atoms with Crippen LogP contribution in [0.2, 0.25) is 5.02 Å². The molecule has 2 N–H and O–H groups in total. The molecule has 5 heteroatoms. The van der Waals surface area contributed by atoms with Crippen molar-refractivity contribution in [3.8, 4) is 0 Å². The molecule has 1 aromatic carbocycles. The molecule has 0 saturated carbocycles. The molecule has 0 aliphatic heterocycles. The van der Waals surface area contributed by atoms with Gasteiger partial charge in [0.2, 0.25) is 0 Å². The van der Waals surface area contributed by atoms with Crippen molar-refractivity contribution < 1.29 is 4.39 Å². The number of rotatable bonds is 2. The average Bonchev–Trinajstić information content (AvgIpc) is 2.80. The number of nitrogens with two attached hydrogens (primary N) is 1. The van der Waals surface area contributed by atoms with Gasteiger partial charge in [0.1, 0.15) is 10.8 Å². The quantitative estimate of drug-likeness (QED) is 0.914. The van der Waals surface area contributed by atoms with Gasteiger partial charge in [-0.05, 0) is 49.4 Å². The molecule has 0 fully saturated rings. The molecule has 1 aliphatic carbocycles. The Morgan fingerprint density at radius 1 is 1.26 bits per heavy atom.